The van der Waals surface area contributed by atoms with Crippen molar-refractivity contribution in [1.82, 2.24) is 0 Å². The van der Waals surface area contributed by atoms with Crippen LogP contribution in [0.25, 0.3) is 0 Å². The van der Waals surface area contributed by atoms with Gasteiger partial charge in [-0.05, 0) is 64.0 Å². The number of aliphatic hydroxyl groups is 1. The van der Waals surface area contributed by atoms with Crippen LogP contribution in [0.3, 0.4) is 0 Å². The Labute approximate surface area is 114 Å². The Hall–Kier alpha value is 0.100. The quantitative estimate of drug-likeness (QED) is 0.899. The summed E-state index contributed by atoms with van der Waals surface area (Å²) in [5.74, 6) is 1.44. The first kappa shape index (κ1) is 12.2. The number of nitrogens with two attached hydrogens (primary N) is 1. The van der Waals surface area contributed by atoms with Crippen molar-refractivity contribution in [2.24, 2.45) is 23.0 Å². The van der Waals surface area contributed by atoms with E-state index in [1.807, 2.05) is 6.07 Å². The zero-order valence-corrected chi connectivity index (χ0v) is 12.1. The predicted molar refractivity (Wildman–Crippen MR) is 73.9 cm³/mol. The summed E-state index contributed by atoms with van der Waals surface area (Å²) in [5, 5.41) is 12.8. The standard InChI is InChI=1S/C13H18BrNOS/c14-11-4-9(6-17-11)12(16)13(7-15)5-8-1-2-10(13)3-8/h4,6,8,10,12,16H,1-3,5,7,15H2. The number of rotatable bonds is 3. The second-order valence-electron chi connectivity index (χ2n) is 5.60. The number of hydrogen-bond acceptors (Lipinski definition) is 3. The van der Waals surface area contributed by atoms with E-state index in [4.69, 9.17) is 5.73 Å². The van der Waals surface area contributed by atoms with Gasteiger partial charge in [0.2, 0.25) is 0 Å². The minimum absolute atomic E-state index is 0.0522. The maximum atomic E-state index is 10.7. The molecule has 0 aromatic carbocycles. The fourth-order valence-corrected chi connectivity index (χ4v) is 5.18. The summed E-state index contributed by atoms with van der Waals surface area (Å²) >= 11 is 5.10. The minimum atomic E-state index is -0.384. The van der Waals surface area contributed by atoms with Gasteiger partial charge in [-0.15, -0.1) is 11.3 Å². The van der Waals surface area contributed by atoms with E-state index in [1.165, 1.54) is 19.3 Å². The molecule has 2 bridgehead atoms. The lowest BCUT2D eigenvalue weighted by Gasteiger charge is -2.40. The summed E-state index contributed by atoms with van der Waals surface area (Å²) in [6.45, 7) is 0.614. The number of fused-ring (bicyclic) bond motifs is 2. The lowest BCUT2D eigenvalue weighted by atomic mass is 9.68. The van der Waals surface area contributed by atoms with Crippen molar-refractivity contribution in [3.05, 3.63) is 20.8 Å². The Morgan fingerprint density at radius 2 is 2.41 bits per heavy atom. The highest BCUT2D eigenvalue weighted by atomic mass is 79.9. The SMILES string of the molecule is NCC1(C(O)c2csc(Br)c2)CC2CCC1C2. The van der Waals surface area contributed by atoms with Crippen molar-refractivity contribution in [3.8, 4) is 0 Å². The van der Waals surface area contributed by atoms with Crippen LogP contribution in [0.2, 0.25) is 0 Å². The highest BCUT2D eigenvalue weighted by molar-refractivity contribution is 9.11. The third-order valence-electron chi connectivity index (χ3n) is 4.85. The Kier molecular flexibility index (Phi) is 3.10. The lowest BCUT2D eigenvalue weighted by molar-refractivity contribution is -0.0128. The Bertz CT molecular complexity index is 421. The summed E-state index contributed by atoms with van der Waals surface area (Å²) < 4.78 is 1.09. The van der Waals surface area contributed by atoms with Gasteiger partial charge >= 0.3 is 0 Å². The van der Waals surface area contributed by atoms with Crippen LogP contribution in [0.15, 0.2) is 15.2 Å². The van der Waals surface area contributed by atoms with Crippen LogP contribution >= 0.6 is 27.3 Å². The molecule has 17 heavy (non-hydrogen) atoms. The second kappa shape index (κ2) is 4.34. The summed E-state index contributed by atoms with van der Waals surface area (Å²) in [6, 6.07) is 2.04. The zero-order chi connectivity index (χ0) is 12.0. The van der Waals surface area contributed by atoms with E-state index in [-0.39, 0.29) is 11.5 Å². The molecule has 3 rings (SSSR count). The average molecular weight is 316 g/mol. The smallest absolute Gasteiger partial charge is 0.0869 e. The number of hydrogen-bond donors (Lipinski definition) is 2. The van der Waals surface area contributed by atoms with Crippen LogP contribution in [0.5, 0.6) is 0 Å². The second-order valence-corrected chi connectivity index (χ2v) is 7.89. The molecule has 0 aliphatic heterocycles. The van der Waals surface area contributed by atoms with E-state index < -0.39 is 0 Å². The Morgan fingerprint density at radius 1 is 1.59 bits per heavy atom. The van der Waals surface area contributed by atoms with E-state index in [1.54, 1.807) is 11.3 Å². The van der Waals surface area contributed by atoms with Gasteiger partial charge in [-0.2, -0.15) is 0 Å². The molecule has 2 fully saturated rings. The van der Waals surface area contributed by atoms with E-state index >= 15 is 0 Å². The van der Waals surface area contributed by atoms with Crippen LogP contribution in [-0.4, -0.2) is 11.7 Å². The minimum Gasteiger partial charge on any atom is -0.388 e. The molecule has 1 aromatic heterocycles. The molecule has 2 saturated carbocycles. The normalized spacial score (nSPS) is 37.6. The highest BCUT2D eigenvalue weighted by Crippen LogP contribution is 2.60. The van der Waals surface area contributed by atoms with E-state index in [2.05, 4.69) is 21.3 Å². The molecule has 0 spiro atoms. The molecule has 1 aromatic rings. The summed E-state index contributed by atoms with van der Waals surface area (Å²) in [5.41, 5.74) is 7.02. The van der Waals surface area contributed by atoms with Gasteiger partial charge in [0.05, 0.1) is 9.89 Å². The summed E-state index contributed by atoms with van der Waals surface area (Å²) in [6.07, 6.45) is 4.60. The molecule has 2 aliphatic carbocycles. The molecule has 1 heterocycles. The van der Waals surface area contributed by atoms with Crippen LogP contribution < -0.4 is 5.73 Å². The zero-order valence-electron chi connectivity index (χ0n) is 9.73. The van der Waals surface area contributed by atoms with Crippen molar-refractivity contribution >= 4 is 27.3 Å². The van der Waals surface area contributed by atoms with E-state index in [9.17, 15) is 5.11 Å². The molecule has 0 radical (unpaired) electrons. The number of thiophene rings is 1. The molecule has 2 aliphatic rings. The molecule has 4 atom stereocenters. The van der Waals surface area contributed by atoms with Crippen LogP contribution in [-0.2, 0) is 0 Å². The van der Waals surface area contributed by atoms with E-state index in [0.717, 1.165) is 21.7 Å². The highest BCUT2D eigenvalue weighted by Gasteiger charge is 2.54. The van der Waals surface area contributed by atoms with Gasteiger partial charge in [-0.25, -0.2) is 0 Å². The lowest BCUT2D eigenvalue weighted by Crippen LogP contribution is -2.41. The van der Waals surface area contributed by atoms with Crippen molar-refractivity contribution in [1.29, 1.82) is 0 Å². The van der Waals surface area contributed by atoms with E-state index in [0.29, 0.717) is 12.5 Å². The van der Waals surface area contributed by atoms with Crippen molar-refractivity contribution in [3.63, 3.8) is 0 Å². The summed E-state index contributed by atoms with van der Waals surface area (Å²) in [4.78, 5) is 0. The average Bonchev–Trinajstić information content (AvgIpc) is 3.02. The molecule has 0 amide bonds. The molecular weight excluding hydrogens is 298 g/mol. The molecule has 2 nitrogen and oxygen atoms in total. The number of halogens is 1. The van der Waals surface area contributed by atoms with Gasteiger partial charge in [0, 0.05) is 12.0 Å². The third kappa shape index (κ3) is 1.81. The van der Waals surface area contributed by atoms with Crippen LogP contribution in [0.4, 0.5) is 0 Å². The molecule has 0 saturated heterocycles. The first-order valence-electron chi connectivity index (χ1n) is 6.28. The molecule has 3 N–H and O–H groups in total. The molecular formula is C13H18BrNOS. The fraction of sp³-hybridized carbons (Fsp3) is 0.692. The topological polar surface area (TPSA) is 46.2 Å². The monoisotopic (exact) mass is 315 g/mol. The van der Waals surface area contributed by atoms with Crippen LogP contribution in [0, 0.1) is 17.3 Å². The van der Waals surface area contributed by atoms with Crippen molar-refractivity contribution in [2.45, 2.75) is 31.8 Å². The fourth-order valence-electron chi connectivity index (χ4n) is 3.98. The largest absolute Gasteiger partial charge is 0.388 e. The van der Waals surface area contributed by atoms with Gasteiger partial charge in [-0.1, -0.05) is 6.42 Å². The Morgan fingerprint density at radius 3 is 2.88 bits per heavy atom. The van der Waals surface area contributed by atoms with Crippen LogP contribution in [0.1, 0.15) is 37.4 Å². The van der Waals surface area contributed by atoms with Gasteiger partial charge in [0.1, 0.15) is 0 Å². The first-order chi connectivity index (χ1) is 8.15. The number of aliphatic hydroxyl groups excluding tert-OH is 1. The maximum absolute atomic E-state index is 10.7. The molecule has 94 valence electrons. The predicted octanol–water partition coefficient (Wildman–Crippen LogP) is 3.31. The third-order valence-corrected chi connectivity index (χ3v) is 6.37. The molecule has 4 unspecified atom stereocenters. The van der Waals surface area contributed by atoms with Gasteiger partial charge in [0.15, 0.2) is 0 Å². The maximum Gasteiger partial charge on any atom is 0.0869 e. The van der Waals surface area contributed by atoms with Gasteiger partial charge in [-0.3, -0.25) is 0 Å². The first-order valence-corrected chi connectivity index (χ1v) is 7.95. The summed E-state index contributed by atoms with van der Waals surface area (Å²) in [7, 11) is 0. The molecule has 4 heteroatoms. The van der Waals surface area contributed by atoms with Crippen molar-refractivity contribution < 1.29 is 5.11 Å². The van der Waals surface area contributed by atoms with Gasteiger partial charge < -0.3 is 10.8 Å². The Balaban J connectivity index is 1.91. The van der Waals surface area contributed by atoms with Crippen molar-refractivity contribution in [2.75, 3.05) is 6.54 Å². The van der Waals surface area contributed by atoms with Gasteiger partial charge in [0.25, 0.3) is 0 Å².